The summed E-state index contributed by atoms with van der Waals surface area (Å²) in [5.41, 5.74) is 2.71. The Labute approximate surface area is 83.8 Å². The minimum absolute atomic E-state index is 0. The number of fused-ring (bicyclic) bond motifs is 1. The Balaban J connectivity index is 0.000000980. The summed E-state index contributed by atoms with van der Waals surface area (Å²) < 4.78 is 0. The lowest BCUT2D eigenvalue weighted by Gasteiger charge is -2.17. The van der Waals surface area contributed by atoms with Gasteiger partial charge in [0.05, 0.1) is 0 Å². The molecule has 0 fully saturated rings. The Kier molecular flexibility index (Phi) is 2.79. The third-order valence-electron chi connectivity index (χ3n) is 2.32. The third kappa shape index (κ3) is 1.71. The maximum absolute atomic E-state index is 11.0. The molecule has 1 aromatic carbocycles. The average molecular weight is 193 g/mol. The van der Waals surface area contributed by atoms with Crippen molar-refractivity contribution in [2.45, 2.75) is 27.2 Å². The first kappa shape index (κ1) is 10.6. The molecule has 0 bridgehead atoms. The lowest BCUT2D eigenvalue weighted by Crippen LogP contribution is -2.18. The number of anilines is 1. The molecule has 0 atom stereocenters. The number of amides is 1. The predicted molar refractivity (Wildman–Crippen MR) is 56.5 cm³/mol. The van der Waals surface area contributed by atoms with E-state index in [2.05, 4.69) is 5.32 Å². The van der Waals surface area contributed by atoms with Gasteiger partial charge in [0.15, 0.2) is 0 Å². The molecule has 2 N–H and O–H groups in total. The molecule has 1 heterocycles. The Morgan fingerprint density at radius 3 is 2.79 bits per heavy atom. The van der Waals surface area contributed by atoms with E-state index in [9.17, 15) is 9.90 Å². The Morgan fingerprint density at radius 1 is 1.36 bits per heavy atom. The lowest BCUT2D eigenvalue weighted by atomic mass is 10.0. The van der Waals surface area contributed by atoms with Crippen LogP contribution in [0.25, 0.3) is 0 Å². The third-order valence-corrected chi connectivity index (χ3v) is 2.32. The number of carbonyl (C=O) groups excluding carboxylic acids is 1. The van der Waals surface area contributed by atoms with Crippen LogP contribution >= 0.6 is 0 Å². The molecule has 3 heteroatoms. The van der Waals surface area contributed by atoms with E-state index in [-0.39, 0.29) is 19.1 Å². The van der Waals surface area contributed by atoms with Gasteiger partial charge in [0.2, 0.25) is 5.91 Å². The quantitative estimate of drug-likeness (QED) is 0.663. The molecule has 0 saturated carbocycles. The molecule has 0 unspecified atom stereocenters. The number of hydrogen-bond acceptors (Lipinski definition) is 2. The fourth-order valence-electron chi connectivity index (χ4n) is 1.54. The zero-order valence-electron chi connectivity index (χ0n) is 7.42. The molecule has 2 rings (SSSR count). The Morgan fingerprint density at radius 2 is 2.07 bits per heavy atom. The van der Waals surface area contributed by atoms with E-state index in [0.717, 1.165) is 23.2 Å². The molecule has 3 nitrogen and oxygen atoms in total. The van der Waals surface area contributed by atoms with E-state index in [4.69, 9.17) is 0 Å². The number of nitrogens with one attached hydrogen (secondary N) is 1. The molecule has 0 aliphatic carbocycles. The highest BCUT2D eigenvalue weighted by Gasteiger charge is 2.15. The molecule has 0 radical (unpaired) electrons. The van der Waals surface area contributed by atoms with Gasteiger partial charge < -0.3 is 10.4 Å². The van der Waals surface area contributed by atoms with Gasteiger partial charge in [-0.05, 0) is 24.5 Å². The van der Waals surface area contributed by atoms with Crippen LogP contribution < -0.4 is 5.32 Å². The van der Waals surface area contributed by atoms with Crippen molar-refractivity contribution in [2.24, 2.45) is 0 Å². The summed E-state index contributed by atoms with van der Waals surface area (Å²) in [6, 6.07) is 3.53. The van der Waals surface area contributed by atoms with Gasteiger partial charge in [-0.25, -0.2) is 0 Å². The standard InChI is InChI=1S/C10H11NO2.CH4/c1-6-4-7-2-3-10(13)11-8(7)5-9(6)12;/h4-5,12H,2-3H2,1H3,(H,11,13);1H4. The Bertz CT molecular complexity index is 372. The summed E-state index contributed by atoms with van der Waals surface area (Å²) in [4.78, 5) is 11.0. The molecule has 76 valence electrons. The van der Waals surface area contributed by atoms with Crippen LogP contribution in [0.2, 0.25) is 0 Å². The zero-order chi connectivity index (χ0) is 9.42. The van der Waals surface area contributed by atoms with Crippen molar-refractivity contribution in [3.8, 4) is 5.75 Å². The highest BCUT2D eigenvalue weighted by Crippen LogP contribution is 2.29. The van der Waals surface area contributed by atoms with Crippen LogP contribution in [0.5, 0.6) is 5.75 Å². The number of aromatic hydroxyl groups is 1. The second-order valence-electron chi connectivity index (χ2n) is 3.34. The van der Waals surface area contributed by atoms with E-state index in [1.165, 1.54) is 0 Å². The summed E-state index contributed by atoms with van der Waals surface area (Å²) in [5, 5.41) is 12.1. The van der Waals surface area contributed by atoms with Gasteiger partial charge >= 0.3 is 0 Å². The topological polar surface area (TPSA) is 49.3 Å². The first-order valence-electron chi connectivity index (χ1n) is 4.29. The highest BCUT2D eigenvalue weighted by molar-refractivity contribution is 5.94. The minimum Gasteiger partial charge on any atom is -0.508 e. The van der Waals surface area contributed by atoms with E-state index < -0.39 is 0 Å². The van der Waals surface area contributed by atoms with E-state index >= 15 is 0 Å². The molecule has 1 aliphatic rings. The molecule has 0 aromatic heterocycles. The van der Waals surface area contributed by atoms with Crippen LogP contribution in [0.15, 0.2) is 12.1 Å². The number of rotatable bonds is 0. The molecule has 0 spiro atoms. The minimum atomic E-state index is 0. The molecule has 1 aliphatic heterocycles. The molecule has 1 amide bonds. The van der Waals surface area contributed by atoms with Crippen molar-refractivity contribution in [3.63, 3.8) is 0 Å². The van der Waals surface area contributed by atoms with E-state index in [1.807, 2.05) is 13.0 Å². The zero-order valence-corrected chi connectivity index (χ0v) is 7.42. The van der Waals surface area contributed by atoms with Gasteiger partial charge in [0.1, 0.15) is 5.75 Å². The fourth-order valence-corrected chi connectivity index (χ4v) is 1.54. The molecule has 14 heavy (non-hydrogen) atoms. The average Bonchev–Trinajstić information content (AvgIpc) is 2.08. The van der Waals surface area contributed by atoms with Crippen molar-refractivity contribution in [2.75, 3.05) is 5.32 Å². The Hall–Kier alpha value is -1.51. The number of aryl methyl sites for hydroxylation is 2. The summed E-state index contributed by atoms with van der Waals surface area (Å²) in [6.45, 7) is 1.85. The number of phenolic OH excluding ortho intramolecular Hbond substituents is 1. The second kappa shape index (κ2) is 3.70. The van der Waals surface area contributed by atoms with Gasteiger partial charge in [-0.3, -0.25) is 4.79 Å². The maximum Gasteiger partial charge on any atom is 0.224 e. The van der Waals surface area contributed by atoms with Gasteiger partial charge in [-0.2, -0.15) is 0 Å². The smallest absolute Gasteiger partial charge is 0.224 e. The lowest BCUT2D eigenvalue weighted by molar-refractivity contribution is -0.116. The van der Waals surface area contributed by atoms with Crippen molar-refractivity contribution >= 4 is 11.6 Å². The van der Waals surface area contributed by atoms with Crippen LogP contribution in [-0.4, -0.2) is 11.0 Å². The summed E-state index contributed by atoms with van der Waals surface area (Å²) in [7, 11) is 0. The van der Waals surface area contributed by atoms with Crippen molar-refractivity contribution < 1.29 is 9.90 Å². The first-order chi connectivity index (χ1) is 6.16. The normalized spacial score (nSPS) is 13.9. The maximum atomic E-state index is 11.0. The van der Waals surface area contributed by atoms with Gasteiger partial charge in [-0.15, -0.1) is 0 Å². The SMILES string of the molecule is C.Cc1cc2c(cc1O)NC(=O)CC2. The van der Waals surface area contributed by atoms with Crippen LogP contribution in [0.4, 0.5) is 5.69 Å². The van der Waals surface area contributed by atoms with Crippen LogP contribution in [-0.2, 0) is 11.2 Å². The van der Waals surface area contributed by atoms with Gasteiger partial charge in [0.25, 0.3) is 0 Å². The number of carbonyl (C=O) groups is 1. The van der Waals surface area contributed by atoms with Crippen molar-refractivity contribution in [3.05, 3.63) is 23.3 Å². The van der Waals surface area contributed by atoms with Crippen molar-refractivity contribution in [1.29, 1.82) is 0 Å². The van der Waals surface area contributed by atoms with Crippen LogP contribution in [0, 0.1) is 6.92 Å². The fraction of sp³-hybridized carbons (Fsp3) is 0.364. The first-order valence-corrected chi connectivity index (χ1v) is 4.29. The van der Waals surface area contributed by atoms with Crippen molar-refractivity contribution in [1.82, 2.24) is 0 Å². The largest absolute Gasteiger partial charge is 0.508 e. The van der Waals surface area contributed by atoms with E-state index in [0.29, 0.717) is 6.42 Å². The summed E-state index contributed by atoms with van der Waals surface area (Å²) in [6.07, 6.45) is 1.31. The molecule has 0 saturated heterocycles. The summed E-state index contributed by atoms with van der Waals surface area (Å²) in [5.74, 6) is 0.261. The highest BCUT2D eigenvalue weighted by atomic mass is 16.3. The number of phenols is 1. The van der Waals surface area contributed by atoms with Crippen LogP contribution in [0.1, 0.15) is 25.0 Å². The number of hydrogen-bond donors (Lipinski definition) is 2. The molecular formula is C11H15NO2. The predicted octanol–water partition coefficient (Wildman–Crippen LogP) is 2.22. The second-order valence-corrected chi connectivity index (χ2v) is 3.34. The van der Waals surface area contributed by atoms with Gasteiger partial charge in [-0.1, -0.05) is 13.5 Å². The van der Waals surface area contributed by atoms with Gasteiger partial charge in [0, 0.05) is 18.2 Å². The summed E-state index contributed by atoms with van der Waals surface area (Å²) >= 11 is 0. The molecular weight excluding hydrogens is 178 g/mol. The van der Waals surface area contributed by atoms with Crippen LogP contribution in [0.3, 0.4) is 0 Å². The van der Waals surface area contributed by atoms with E-state index in [1.54, 1.807) is 6.07 Å². The molecule has 1 aromatic rings. The number of benzene rings is 1. The monoisotopic (exact) mass is 193 g/mol.